The molecule has 0 spiro atoms. The van der Waals surface area contributed by atoms with Gasteiger partial charge in [0.2, 0.25) is 5.91 Å². The zero-order chi connectivity index (χ0) is 21.8. The maximum Gasteiger partial charge on any atom is 0.310 e. The van der Waals surface area contributed by atoms with E-state index in [0.717, 1.165) is 19.3 Å². The summed E-state index contributed by atoms with van der Waals surface area (Å²) in [5.74, 6) is -2.80. The van der Waals surface area contributed by atoms with Crippen molar-refractivity contribution < 1.29 is 29.1 Å². The number of hydrogen-bond donors (Lipinski definition) is 2. The van der Waals surface area contributed by atoms with Gasteiger partial charge in [-0.1, -0.05) is 58.3 Å². The number of rotatable bonds is 16. The summed E-state index contributed by atoms with van der Waals surface area (Å²) in [6, 6.07) is 0. The molecule has 0 aliphatic carbocycles. The van der Waals surface area contributed by atoms with Crippen molar-refractivity contribution in [2.45, 2.75) is 103 Å². The highest BCUT2D eigenvalue weighted by molar-refractivity contribution is 5.82. The highest BCUT2D eigenvalue weighted by atomic mass is 16.4. The van der Waals surface area contributed by atoms with E-state index in [1.165, 1.54) is 45.4 Å². The van der Waals surface area contributed by atoms with Gasteiger partial charge in [0.1, 0.15) is 17.9 Å². The van der Waals surface area contributed by atoms with E-state index in [0.29, 0.717) is 6.42 Å². The van der Waals surface area contributed by atoms with Crippen LogP contribution in [-0.2, 0) is 14.4 Å². The fourth-order valence-electron chi connectivity index (χ4n) is 3.30. The summed E-state index contributed by atoms with van der Waals surface area (Å²) in [7, 11) is 3.20. The Morgan fingerprint density at radius 3 is 1.89 bits per heavy atom. The maximum atomic E-state index is 12.2. The van der Waals surface area contributed by atoms with Crippen LogP contribution in [0.5, 0.6) is 0 Å². The molecule has 0 rings (SSSR count). The largest absolute Gasteiger partial charge is 0.544 e. The van der Waals surface area contributed by atoms with Gasteiger partial charge in [-0.25, -0.2) is 0 Å². The lowest BCUT2D eigenvalue weighted by Gasteiger charge is -2.49. The maximum absolute atomic E-state index is 12.2. The average molecular weight is 401 g/mol. The van der Waals surface area contributed by atoms with Gasteiger partial charge in [0.15, 0.2) is 6.17 Å². The Labute approximate surface area is 170 Å². The predicted octanol–water partition coefficient (Wildman–Crippen LogP) is 2.43. The van der Waals surface area contributed by atoms with Gasteiger partial charge in [-0.2, -0.15) is 0 Å². The third kappa shape index (κ3) is 8.59. The first-order chi connectivity index (χ1) is 13.0. The minimum absolute atomic E-state index is 0.141. The second-order valence-corrected chi connectivity index (χ2v) is 8.49. The van der Waals surface area contributed by atoms with E-state index in [4.69, 9.17) is 5.11 Å². The first-order valence-corrected chi connectivity index (χ1v) is 10.6. The number of carboxylic acids is 2. The van der Waals surface area contributed by atoms with Crippen molar-refractivity contribution in [3.05, 3.63) is 0 Å². The highest BCUT2D eigenvalue weighted by Crippen LogP contribution is 2.27. The molecule has 0 fully saturated rings. The van der Waals surface area contributed by atoms with Gasteiger partial charge in [-0.3, -0.25) is 14.1 Å². The molecule has 0 aliphatic rings. The molecule has 7 heteroatoms. The van der Waals surface area contributed by atoms with Crippen LogP contribution in [0.4, 0.5) is 0 Å². The third-order valence-electron chi connectivity index (χ3n) is 6.05. The lowest BCUT2D eigenvalue weighted by atomic mass is 9.92. The normalized spacial score (nSPS) is 14.9. The van der Waals surface area contributed by atoms with E-state index in [1.54, 1.807) is 21.0 Å². The van der Waals surface area contributed by atoms with Crippen LogP contribution in [-0.4, -0.2) is 53.2 Å². The molecule has 0 aromatic heterocycles. The highest BCUT2D eigenvalue weighted by Gasteiger charge is 2.48. The van der Waals surface area contributed by atoms with Crippen LogP contribution in [0.25, 0.3) is 0 Å². The van der Waals surface area contributed by atoms with Crippen molar-refractivity contribution in [3.63, 3.8) is 0 Å². The summed E-state index contributed by atoms with van der Waals surface area (Å²) in [6.45, 7) is 5.24. The van der Waals surface area contributed by atoms with Crippen molar-refractivity contribution in [2.75, 3.05) is 14.1 Å². The van der Waals surface area contributed by atoms with Crippen LogP contribution < -0.4 is 10.4 Å². The van der Waals surface area contributed by atoms with Crippen LogP contribution in [0, 0.1) is 0 Å². The molecular formula is C21H40N2O5. The number of amides is 1. The van der Waals surface area contributed by atoms with Crippen LogP contribution in [0.1, 0.15) is 91.4 Å². The molecule has 0 saturated heterocycles. The lowest BCUT2D eigenvalue weighted by Crippen LogP contribution is -2.72. The van der Waals surface area contributed by atoms with Crippen LogP contribution >= 0.6 is 0 Å². The molecule has 1 amide bonds. The van der Waals surface area contributed by atoms with E-state index in [2.05, 4.69) is 12.2 Å². The molecule has 164 valence electrons. The van der Waals surface area contributed by atoms with Gasteiger partial charge in [-0.15, -0.1) is 0 Å². The summed E-state index contributed by atoms with van der Waals surface area (Å²) in [5, 5.41) is 23.6. The molecular weight excluding hydrogens is 360 g/mol. The number of carbonyl (C=O) groups is 3. The van der Waals surface area contributed by atoms with Gasteiger partial charge in [-0.05, 0) is 13.3 Å². The summed E-state index contributed by atoms with van der Waals surface area (Å²) in [5.41, 5.74) is -1.66. The number of quaternary nitrogens is 1. The third-order valence-corrected chi connectivity index (χ3v) is 6.05. The number of nitrogens with zero attached hydrogens (tertiary/aromatic N) is 1. The Kier molecular flexibility index (Phi) is 12.0. The molecule has 0 saturated carbocycles. The molecule has 2 unspecified atom stereocenters. The van der Waals surface area contributed by atoms with Gasteiger partial charge >= 0.3 is 5.97 Å². The minimum Gasteiger partial charge on any atom is -0.544 e. The Hall–Kier alpha value is -1.63. The topological polar surface area (TPSA) is 107 Å². The zero-order valence-corrected chi connectivity index (χ0v) is 18.4. The van der Waals surface area contributed by atoms with Crippen molar-refractivity contribution in [2.24, 2.45) is 0 Å². The van der Waals surface area contributed by atoms with Gasteiger partial charge in [0.25, 0.3) is 0 Å². The Bertz CT molecular complexity index is 507. The molecule has 0 bridgehead atoms. The van der Waals surface area contributed by atoms with E-state index in [9.17, 15) is 19.5 Å². The second-order valence-electron chi connectivity index (χ2n) is 8.49. The number of carbonyl (C=O) groups excluding carboxylic acids is 2. The van der Waals surface area contributed by atoms with Gasteiger partial charge in [0.05, 0.1) is 14.1 Å². The molecule has 2 N–H and O–H groups in total. The Morgan fingerprint density at radius 2 is 1.46 bits per heavy atom. The fraction of sp³-hybridized carbons (Fsp3) is 0.857. The quantitative estimate of drug-likeness (QED) is 0.235. The Morgan fingerprint density at radius 1 is 1.00 bits per heavy atom. The summed E-state index contributed by atoms with van der Waals surface area (Å²) < 4.78 is -0.217. The molecule has 0 aromatic rings. The molecule has 0 radical (unpaired) electrons. The fourth-order valence-corrected chi connectivity index (χ4v) is 3.30. The molecule has 28 heavy (non-hydrogen) atoms. The lowest BCUT2D eigenvalue weighted by molar-refractivity contribution is -0.954. The molecule has 0 aliphatic heterocycles. The van der Waals surface area contributed by atoms with Crippen molar-refractivity contribution in [1.82, 2.24) is 5.32 Å². The second kappa shape index (κ2) is 12.8. The van der Waals surface area contributed by atoms with Crippen molar-refractivity contribution >= 4 is 17.8 Å². The minimum atomic E-state index is -1.66. The number of carboxylic acid groups (broad SMARTS) is 2. The first-order valence-electron chi connectivity index (χ1n) is 10.6. The molecule has 0 heterocycles. The number of nitrogens with one attached hydrogen (secondary N) is 1. The predicted molar refractivity (Wildman–Crippen MR) is 107 cm³/mol. The van der Waals surface area contributed by atoms with E-state index < -0.39 is 30.1 Å². The number of aliphatic carboxylic acids is 2. The van der Waals surface area contributed by atoms with E-state index in [-0.39, 0.29) is 10.4 Å². The van der Waals surface area contributed by atoms with Crippen LogP contribution in [0.2, 0.25) is 0 Å². The van der Waals surface area contributed by atoms with Crippen LogP contribution in [0.15, 0.2) is 0 Å². The molecule has 7 nitrogen and oxygen atoms in total. The first kappa shape index (κ1) is 26.4. The van der Waals surface area contributed by atoms with Gasteiger partial charge in [0, 0.05) is 13.3 Å². The standard InChI is InChI=1S/C21H40N2O5/c1-6-7-8-9-10-11-12-13-14-15-18(24)22-17(2)23(4,5)21(3,20(27)28)16-19(25)26/h17H,6-16H2,1-5H3,(H2-,22,24,25,26,27,28). The van der Waals surface area contributed by atoms with E-state index in [1.807, 2.05) is 0 Å². The SMILES string of the molecule is CCCCCCCCCCCC(=O)NC(C)[N+](C)(C)C(C)(CC(=O)O)C(=O)[O-]. The number of unbranched alkanes of at least 4 members (excludes halogenated alkanes) is 8. The summed E-state index contributed by atoms with van der Waals surface area (Å²) in [4.78, 5) is 35.0. The zero-order valence-electron chi connectivity index (χ0n) is 18.4. The van der Waals surface area contributed by atoms with Crippen molar-refractivity contribution in [1.29, 1.82) is 0 Å². The number of hydrogen-bond acceptors (Lipinski definition) is 4. The van der Waals surface area contributed by atoms with Crippen LogP contribution in [0.3, 0.4) is 0 Å². The smallest absolute Gasteiger partial charge is 0.310 e. The monoisotopic (exact) mass is 400 g/mol. The average Bonchev–Trinajstić information content (AvgIpc) is 2.59. The Balaban J connectivity index is 4.37. The number of likely N-dealkylation sites (N-methyl/N-ethyl adjacent to an activating group) is 1. The van der Waals surface area contributed by atoms with E-state index >= 15 is 0 Å². The molecule has 0 aromatic carbocycles. The van der Waals surface area contributed by atoms with Gasteiger partial charge < -0.3 is 20.3 Å². The summed E-state index contributed by atoms with van der Waals surface area (Å²) >= 11 is 0. The van der Waals surface area contributed by atoms with Crippen molar-refractivity contribution in [3.8, 4) is 0 Å². The molecule has 2 atom stereocenters. The summed E-state index contributed by atoms with van der Waals surface area (Å²) in [6.07, 6.45) is 9.76.